The minimum atomic E-state index is -3.64. The Labute approximate surface area is 229 Å². The van der Waals surface area contributed by atoms with E-state index in [1.807, 2.05) is 20.8 Å². The second-order valence-electron chi connectivity index (χ2n) is 8.43. The highest BCUT2D eigenvalue weighted by molar-refractivity contribution is 7.92. The second kappa shape index (κ2) is 14.4. The fourth-order valence-corrected chi connectivity index (χ4v) is 5.26. The highest BCUT2D eigenvalue weighted by atomic mass is 35.5. The number of halogens is 2. The van der Waals surface area contributed by atoms with Gasteiger partial charge in [-0.1, -0.05) is 48.3 Å². The number of amides is 2. The largest absolute Gasteiger partial charge is 0.492 e. The van der Waals surface area contributed by atoms with Crippen LogP contribution in [0.5, 0.6) is 5.75 Å². The highest BCUT2D eigenvalue weighted by Crippen LogP contribution is 2.30. The molecule has 0 heterocycles. The zero-order valence-corrected chi connectivity index (χ0v) is 24.0. The molecule has 0 radical (unpaired) electrons. The summed E-state index contributed by atoms with van der Waals surface area (Å²) in [5, 5.41) is 3.54. The molecule has 0 fully saturated rings. The molecule has 2 rings (SSSR count). The predicted octanol–water partition coefficient (Wildman–Crippen LogP) is 4.88. The number of nitrogens with one attached hydrogen (secondary N) is 1. The van der Waals surface area contributed by atoms with Gasteiger partial charge >= 0.3 is 0 Å². The van der Waals surface area contributed by atoms with Crippen molar-refractivity contribution in [2.75, 3.05) is 30.3 Å². The molecular weight excluding hydrogens is 537 g/mol. The van der Waals surface area contributed by atoms with Crippen molar-refractivity contribution >= 4 is 50.7 Å². The number of ether oxygens (including phenoxy) is 1. The molecule has 0 aliphatic rings. The van der Waals surface area contributed by atoms with Crippen molar-refractivity contribution in [3.8, 4) is 5.75 Å². The number of benzene rings is 2. The van der Waals surface area contributed by atoms with Crippen LogP contribution in [0.25, 0.3) is 0 Å². The molecule has 2 aromatic rings. The van der Waals surface area contributed by atoms with Gasteiger partial charge in [-0.15, -0.1) is 0 Å². The zero-order chi connectivity index (χ0) is 27.6. The molecule has 2 aromatic carbocycles. The fourth-order valence-electron chi connectivity index (χ4n) is 3.97. The Balaban J connectivity index is 2.26. The molecule has 2 amide bonds. The fraction of sp³-hybridized carbons (Fsp3) is 0.462. The first-order valence-electron chi connectivity index (χ1n) is 12.2. The van der Waals surface area contributed by atoms with Gasteiger partial charge in [-0.3, -0.25) is 13.9 Å². The van der Waals surface area contributed by atoms with Gasteiger partial charge in [-0.05, 0) is 56.5 Å². The highest BCUT2D eigenvalue weighted by Gasteiger charge is 2.29. The maximum atomic E-state index is 13.4. The van der Waals surface area contributed by atoms with E-state index >= 15 is 0 Å². The van der Waals surface area contributed by atoms with Gasteiger partial charge in [-0.25, -0.2) is 8.42 Å². The summed E-state index contributed by atoms with van der Waals surface area (Å²) in [6.07, 6.45) is 1.82. The number of rotatable bonds is 14. The van der Waals surface area contributed by atoms with E-state index < -0.39 is 16.1 Å². The van der Waals surface area contributed by atoms with Crippen LogP contribution in [0.4, 0.5) is 5.69 Å². The molecule has 0 saturated carbocycles. The van der Waals surface area contributed by atoms with Crippen LogP contribution in [-0.4, -0.2) is 57.1 Å². The van der Waals surface area contributed by atoms with E-state index in [1.54, 1.807) is 42.5 Å². The number of hydrogen-bond acceptors (Lipinski definition) is 5. The van der Waals surface area contributed by atoms with Crippen molar-refractivity contribution in [2.45, 2.75) is 52.6 Å². The number of nitrogens with zero attached hydrogens (tertiary/aromatic N) is 2. The number of para-hydroxylation sites is 2. The number of carbonyl (C=O) groups is 2. The second-order valence-corrected chi connectivity index (χ2v) is 11.1. The minimum absolute atomic E-state index is 0.0417. The molecule has 0 bridgehead atoms. The lowest BCUT2D eigenvalue weighted by Crippen LogP contribution is -2.49. The van der Waals surface area contributed by atoms with Gasteiger partial charge in [0.1, 0.15) is 11.8 Å². The molecule has 0 unspecified atom stereocenters. The Kier molecular flexibility index (Phi) is 12.0. The zero-order valence-electron chi connectivity index (χ0n) is 21.7. The van der Waals surface area contributed by atoms with Crippen molar-refractivity contribution in [1.82, 2.24) is 10.2 Å². The summed E-state index contributed by atoms with van der Waals surface area (Å²) in [5.74, 6) is -0.0668. The molecule has 1 atom stereocenters. The molecule has 0 aliphatic heterocycles. The van der Waals surface area contributed by atoms with E-state index in [1.165, 1.54) is 9.21 Å². The van der Waals surface area contributed by atoms with Gasteiger partial charge in [-0.2, -0.15) is 0 Å². The van der Waals surface area contributed by atoms with Gasteiger partial charge < -0.3 is 15.0 Å². The van der Waals surface area contributed by atoms with Crippen molar-refractivity contribution in [2.24, 2.45) is 0 Å². The number of carbonyl (C=O) groups excluding carboxylic acids is 2. The molecule has 204 valence electrons. The normalized spacial score (nSPS) is 12.1. The van der Waals surface area contributed by atoms with Crippen molar-refractivity contribution < 1.29 is 22.7 Å². The lowest BCUT2D eigenvalue weighted by atomic mass is 10.1. The molecule has 0 aromatic heterocycles. The molecule has 0 aliphatic carbocycles. The van der Waals surface area contributed by atoms with E-state index in [-0.39, 0.29) is 37.7 Å². The third-order valence-corrected chi connectivity index (χ3v) is 7.58. The summed E-state index contributed by atoms with van der Waals surface area (Å²) < 4.78 is 32.1. The summed E-state index contributed by atoms with van der Waals surface area (Å²) >= 11 is 12.2. The quantitative estimate of drug-likeness (QED) is 0.348. The molecule has 0 spiro atoms. The van der Waals surface area contributed by atoms with E-state index in [0.717, 1.165) is 11.8 Å². The van der Waals surface area contributed by atoms with Gasteiger partial charge in [0.15, 0.2) is 0 Å². The predicted molar refractivity (Wildman–Crippen MR) is 149 cm³/mol. The van der Waals surface area contributed by atoms with Crippen molar-refractivity contribution in [1.29, 1.82) is 0 Å². The maximum absolute atomic E-state index is 13.4. The Morgan fingerprint density at radius 1 is 1.05 bits per heavy atom. The van der Waals surface area contributed by atoms with Crippen LogP contribution in [0, 0.1) is 0 Å². The third kappa shape index (κ3) is 8.79. The average molecular weight is 573 g/mol. The van der Waals surface area contributed by atoms with Crippen LogP contribution in [-0.2, 0) is 26.2 Å². The van der Waals surface area contributed by atoms with Crippen molar-refractivity contribution in [3.63, 3.8) is 0 Å². The lowest BCUT2D eigenvalue weighted by Gasteiger charge is -2.31. The summed E-state index contributed by atoms with van der Waals surface area (Å²) in [7, 11) is -3.64. The number of sulfonamides is 1. The summed E-state index contributed by atoms with van der Waals surface area (Å²) in [4.78, 5) is 27.7. The Morgan fingerprint density at radius 2 is 1.76 bits per heavy atom. The van der Waals surface area contributed by atoms with Crippen LogP contribution in [0.3, 0.4) is 0 Å². The van der Waals surface area contributed by atoms with Crippen LogP contribution >= 0.6 is 23.2 Å². The topological polar surface area (TPSA) is 96.0 Å². The SMILES string of the molecule is CCNC(=O)[C@H](CC)N(Cc1ccc(Cl)c(Cl)c1)C(=O)CCCN(c1ccccc1OCC)S(C)(=O)=O. The first kappa shape index (κ1) is 30.7. The Morgan fingerprint density at radius 3 is 2.35 bits per heavy atom. The van der Waals surface area contributed by atoms with Crippen LogP contribution in [0.2, 0.25) is 10.0 Å². The maximum Gasteiger partial charge on any atom is 0.242 e. The van der Waals surface area contributed by atoms with Gasteiger partial charge in [0.05, 0.1) is 28.6 Å². The van der Waals surface area contributed by atoms with E-state index in [4.69, 9.17) is 27.9 Å². The monoisotopic (exact) mass is 571 g/mol. The Hall–Kier alpha value is -2.49. The van der Waals surface area contributed by atoms with Gasteiger partial charge in [0.25, 0.3) is 0 Å². The molecule has 8 nitrogen and oxygen atoms in total. The molecule has 11 heteroatoms. The summed E-state index contributed by atoms with van der Waals surface area (Å²) in [6, 6.07) is 11.3. The number of anilines is 1. The third-order valence-electron chi connectivity index (χ3n) is 5.66. The first-order valence-corrected chi connectivity index (χ1v) is 14.8. The van der Waals surface area contributed by atoms with Gasteiger partial charge in [0, 0.05) is 26.1 Å². The number of hydrogen-bond donors (Lipinski definition) is 1. The molecule has 1 N–H and O–H groups in total. The minimum Gasteiger partial charge on any atom is -0.492 e. The van der Waals surface area contributed by atoms with E-state index in [0.29, 0.717) is 41.1 Å². The number of likely N-dealkylation sites (N-methyl/N-ethyl adjacent to an activating group) is 1. The van der Waals surface area contributed by atoms with Crippen LogP contribution in [0.15, 0.2) is 42.5 Å². The summed E-state index contributed by atoms with van der Waals surface area (Å²) in [5.41, 5.74) is 1.15. The Bertz CT molecular complexity index is 1180. The molecule has 37 heavy (non-hydrogen) atoms. The molecule has 0 saturated heterocycles. The average Bonchev–Trinajstić information content (AvgIpc) is 2.84. The van der Waals surface area contributed by atoms with Gasteiger partial charge in [0.2, 0.25) is 21.8 Å². The van der Waals surface area contributed by atoms with E-state index in [2.05, 4.69) is 5.32 Å². The van der Waals surface area contributed by atoms with Crippen molar-refractivity contribution in [3.05, 3.63) is 58.1 Å². The first-order chi connectivity index (χ1) is 17.5. The van der Waals surface area contributed by atoms with E-state index in [9.17, 15) is 18.0 Å². The van der Waals surface area contributed by atoms with Crippen LogP contribution < -0.4 is 14.4 Å². The standard InChI is InChI=1S/C26H35Cl2N3O5S/c1-5-22(26(33)29-6-2)30(18-19-14-15-20(27)21(28)17-19)25(32)13-10-16-31(37(4,34)35)23-11-8-9-12-24(23)36-7-3/h8-9,11-12,14-15,17,22H,5-7,10,13,16,18H2,1-4H3,(H,29,33)/t22-/m0/s1. The summed E-state index contributed by atoms with van der Waals surface area (Å²) in [6.45, 7) is 6.53. The lowest BCUT2D eigenvalue weighted by molar-refractivity contribution is -0.141. The molecular formula is C26H35Cl2N3O5S. The smallest absolute Gasteiger partial charge is 0.242 e. The van der Waals surface area contributed by atoms with Crippen LogP contribution in [0.1, 0.15) is 45.6 Å².